The molecule has 216 valence electrons. The van der Waals surface area contributed by atoms with Crippen molar-refractivity contribution < 1.29 is 33.0 Å². The van der Waals surface area contributed by atoms with Crippen LogP contribution in [-0.2, 0) is 0 Å². The van der Waals surface area contributed by atoms with E-state index in [1.54, 1.807) is 30.6 Å². The van der Waals surface area contributed by atoms with Gasteiger partial charge in [-0.2, -0.15) is 23.7 Å². The fourth-order valence-corrected chi connectivity index (χ4v) is 5.09. The highest BCUT2D eigenvalue weighted by atomic mass is 19.3. The Morgan fingerprint density at radius 3 is 2.52 bits per heavy atom. The zero-order chi connectivity index (χ0) is 28.8. The van der Waals surface area contributed by atoms with Crippen LogP contribution < -0.4 is 20.5 Å². The molecule has 5 rings (SSSR count). The number of nitrogens with two attached hydrogens (primary N) is 1. The van der Waals surface area contributed by atoms with Crippen molar-refractivity contribution in [3.8, 4) is 11.6 Å². The Bertz CT molecular complexity index is 1400. The van der Waals surface area contributed by atoms with Crippen molar-refractivity contribution in [1.82, 2.24) is 24.7 Å². The van der Waals surface area contributed by atoms with Gasteiger partial charge in [-0.05, 0) is 70.9 Å². The number of primary amides is 1. The van der Waals surface area contributed by atoms with E-state index in [9.17, 15) is 23.5 Å². The number of aliphatic hydroxyl groups is 1. The number of aromatic nitrogens is 4. The van der Waals surface area contributed by atoms with Gasteiger partial charge >= 0.3 is 6.55 Å². The van der Waals surface area contributed by atoms with Crippen molar-refractivity contribution in [1.29, 1.82) is 0 Å². The van der Waals surface area contributed by atoms with Gasteiger partial charge in [0.1, 0.15) is 24.0 Å². The van der Waals surface area contributed by atoms with Crippen LogP contribution >= 0.6 is 0 Å². The number of hydrogen-bond acceptors (Lipinski definition) is 7. The largest absolute Gasteiger partial charge is 0.489 e. The Balaban J connectivity index is 1.18. The summed E-state index contributed by atoms with van der Waals surface area (Å²) in [5, 5.41) is 21.1. The molecule has 2 amide bonds. The molecule has 40 heavy (non-hydrogen) atoms. The Kier molecular flexibility index (Phi) is 7.42. The van der Waals surface area contributed by atoms with Crippen LogP contribution in [0.3, 0.4) is 0 Å². The number of carbonyl (C=O) groups excluding carboxylic acids is 2. The van der Waals surface area contributed by atoms with Crippen LogP contribution in [0.15, 0.2) is 24.5 Å². The normalized spacial score (nSPS) is 19.9. The molecular weight excluding hydrogens is 526 g/mol. The van der Waals surface area contributed by atoms with E-state index in [1.807, 2.05) is 13.0 Å². The number of amides is 2. The molecule has 3 aromatic heterocycles. The summed E-state index contributed by atoms with van der Waals surface area (Å²) >= 11 is 0. The van der Waals surface area contributed by atoms with Crippen molar-refractivity contribution in [2.24, 2.45) is 11.7 Å². The summed E-state index contributed by atoms with van der Waals surface area (Å²) in [6.45, 7) is 2.45. The molecule has 2 saturated carbocycles. The first-order chi connectivity index (χ1) is 18.9. The van der Waals surface area contributed by atoms with Crippen molar-refractivity contribution >= 4 is 17.3 Å². The first kappa shape index (κ1) is 27.8. The number of pyridine rings is 1. The summed E-state index contributed by atoms with van der Waals surface area (Å²) in [7, 11) is 0. The third-order valence-electron chi connectivity index (χ3n) is 7.20. The molecule has 4 N–H and O–H groups in total. The number of ether oxygens (including phenoxy) is 2. The van der Waals surface area contributed by atoms with E-state index < -0.39 is 18.1 Å². The second kappa shape index (κ2) is 10.7. The van der Waals surface area contributed by atoms with Gasteiger partial charge in [0, 0.05) is 12.0 Å². The van der Waals surface area contributed by atoms with Gasteiger partial charge in [-0.15, -0.1) is 0 Å². The molecule has 0 bridgehead atoms. The standard InChI is InChI=1S/C27H34F2N6O5/c1-14(8-15-9-17(10-15)40-25-19(23(30)36)12-32-35(25)26(28)29)33-24(37)18-11-31-34-20(18)6-7-21(22(34)16-4-5-16)39-13-27(2,3)38/h6-7,11-12,14-17,26,38H,4-5,8-10,13H2,1-3H3,(H2,30,36)(H,33,37)/t14-,15?,17?/m0/s1. The average molecular weight is 561 g/mol. The van der Waals surface area contributed by atoms with Gasteiger partial charge in [-0.25, -0.2) is 4.52 Å². The molecule has 2 fully saturated rings. The maximum atomic E-state index is 13.2. The Labute approximate surface area is 229 Å². The van der Waals surface area contributed by atoms with Gasteiger partial charge in [0.25, 0.3) is 11.8 Å². The van der Waals surface area contributed by atoms with Crippen LogP contribution in [0.4, 0.5) is 8.78 Å². The average Bonchev–Trinajstić information content (AvgIpc) is 3.43. The summed E-state index contributed by atoms with van der Waals surface area (Å²) in [6, 6.07) is 3.48. The minimum Gasteiger partial charge on any atom is -0.489 e. The Morgan fingerprint density at radius 1 is 1.20 bits per heavy atom. The first-order valence-electron chi connectivity index (χ1n) is 13.4. The fourth-order valence-electron chi connectivity index (χ4n) is 5.09. The number of nitrogens with one attached hydrogen (secondary N) is 1. The van der Waals surface area contributed by atoms with Crippen LogP contribution in [0, 0.1) is 5.92 Å². The molecule has 3 heterocycles. The highest BCUT2D eigenvalue weighted by Crippen LogP contribution is 2.44. The monoisotopic (exact) mass is 560 g/mol. The van der Waals surface area contributed by atoms with Crippen LogP contribution in [0.2, 0.25) is 0 Å². The minimum absolute atomic E-state index is 0.138. The molecule has 3 aromatic rings. The molecule has 0 spiro atoms. The highest BCUT2D eigenvalue weighted by molar-refractivity contribution is 6.00. The van der Waals surface area contributed by atoms with E-state index >= 15 is 0 Å². The van der Waals surface area contributed by atoms with Crippen molar-refractivity contribution in [3.63, 3.8) is 0 Å². The molecule has 2 aliphatic rings. The smallest absolute Gasteiger partial charge is 0.336 e. The van der Waals surface area contributed by atoms with Crippen LogP contribution in [0.1, 0.15) is 91.8 Å². The molecule has 13 heteroatoms. The van der Waals surface area contributed by atoms with Gasteiger partial charge < -0.3 is 25.6 Å². The lowest BCUT2D eigenvalue weighted by Crippen LogP contribution is -2.40. The van der Waals surface area contributed by atoms with E-state index in [1.165, 1.54) is 0 Å². The number of alkyl halides is 2. The molecule has 0 aromatic carbocycles. The van der Waals surface area contributed by atoms with Gasteiger partial charge in [-0.3, -0.25) is 9.59 Å². The highest BCUT2D eigenvalue weighted by Gasteiger charge is 2.35. The number of halogens is 2. The quantitative estimate of drug-likeness (QED) is 0.308. The number of nitrogens with zero attached hydrogens (tertiary/aromatic N) is 4. The molecule has 0 unspecified atom stereocenters. The second-order valence-electron chi connectivity index (χ2n) is 11.5. The van der Waals surface area contributed by atoms with Crippen molar-refractivity contribution in [3.05, 3.63) is 41.3 Å². The van der Waals surface area contributed by atoms with E-state index in [2.05, 4.69) is 15.5 Å². The molecule has 1 atom stereocenters. The van der Waals surface area contributed by atoms with Gasteiger partial charge in [-0.1, -0.05) is 0 Å². The second-order valence-corrected chi connectivity index (χ2v) is 11.5. The lowest BCUT2D eigenvalue weighted by atomic mass is 9.78. The van der Waals surface area contributed by atoms with Gasteiger partial charge in [0.15, 0.2) is 0 Å². The molecule has 0 aliphatic heterocycles. The minimum atomic E-state index is -2.96. The number of hydrogen-bond donors (Lipinski definition) is 3. The lowest BCUT2D eigenvalue weighted by molar-refractivity contribution is 0.0130. The maximum Gasteiger partial charge on any atom is 0.336 e. The third kappa shape index (κ3) is 5.88. The van der Waals surface area contributed by atoms with Crippen molar-refractivity contribution in [2.75, 3.05) is 6.61 Å². The summed E-state index contributed by atoms with van der Waals surface area (Å²) in [6.07, 6.45) is 6.04. The number of fused-ring (bicyclic) bond motifs is 1. The van der Waals surface area contributed by atoms with E-state index in [0.717, 1.165) is 24.7 Å². The molecule has 0 radical (unpaired) electrons. The van der Waals surface area contributed by atoms with E-state index in [0.29, 0.717) is 46.7 Å². The predicted molar refractivity (Wildman–Crippen MR) is 140 cm³/mol. The molecular formula is C27H34F2N6O5. The molecule has 0 saturated heterocycles. The maximum absolute atomic E-state index is 13.2. The third-order valence-corrected chi connectivity index (χ3v) is 7.20. The zero-order valence-corrected chi connectivity index (χ0v) is 22.6. The number of carbonyl (C=O) groups is 2. The van der Waals surface area contributed by atoms with Gasteiger partial charge in [0.05, 0.1) is 34.8 Å². The summed E-state index contributed by atoms with van der Waals surface area (Å²) in [5.74, 6) is -0.290. The van der Waals surface area contributed by atoms with Crippen LogP contribution in [0.5, 0.6) is 11.6 Å². The number of rotatable bonds is 12. The first-order valence-corrected chi connectivity index (χ1v) is 13.4. The van der Waals surface area contributed by atoms with Crippen LogP contribution in [0.25, 0.3) is 5.52 Å². The lowest BCUT2D eigenvalue weighted by Gasteiger charge is -2.36. The Hall–Kier alpha value is -3.74. The summed E-state index contributed by atoms with van der Waals surface area (Å²) in [4.78, 5) is 24.7. The fraction of sp³-hybridized carbons (Fsp3) is 0.556. The van der Waals surface area contributed by atoms with Gasteiger partial charge in [0.2, 0.25) is 5.88 Å². The topological polar surface area (TPSA) is 146 Å². The zero-order valence-electron chi connectivity index (χ0n) is 22.6. The molecule has 11 nitrogen and oxygen atoms in total. The van der Waals surface area contributed by atoms with Crippen molar-refractivity contribution in [2.45, 2.75) is 83.1 Å². The SMILES string of the molecule is C[C@@H](CC1CC(Oc2c(C(N)=O)cnn2C(F)F)C1)NC(=O)c1cnn2c(C3CC3)c(OCC(C)(C)O)ccc12. The predicted octanol–water partition coefficient (Wildman–Crippen LogP) is 3.42. The Morgan fingerprint density at radius 2 is 1.90 bits per heavy atom. The molecule has 2 aliphatic carbocycles. The van der Waals surface area contributed by atoms with E-state index in [-0.39, 0.29) is 42.0 Å². The summed E-state index contributed by atoms with van der Waals surface area (Å²) in [5.41, 5.74) is 6.14. The van der Waals surface area contributed by atoms with Crippen LogP contribution in [-0.4, -0.2) is 60.7 Å². The van der Waals surface area contributed by atoms with E-state index in [4.69, 9.17) is 15.2 Å². The summed E-state index contributed by atoms with van der Waals surface area (Å²) < 4.78 is 40.1.